The Kier molecular flexibility index (Phi) is 9.52. The highest BCUT2D eigenvalue weighted by molar-refractivity contribution is 6.03. The minimum Gasteiger partial charge on any atom is -0.504 e. The van der Waals surface area contributed by atoms with Gasteiger partial charge in [-0.3, -0.25) is 9.59 Å². The van der Waals surface area contributed by atoms with Gasteiger partial charge in [-0.1, -0.05) is 25.1 Å². The summed E-state index contributed by atoms with van der Waals surface area (Å²) in [5.41, 5.74) is -13.2. The second-order valence-corrected chi connectivity index (χ2v) is 12.1. The van der Waals surface area contributed by atoms with Gasteiger partial charge in [0.25, 0.3) is 5.79 Å². The molecule has 0 aromatic heterocycles. The monoisotopic (exact) mass is 682 g/mol. The first-order valence-corrected chi connectivity index (χ1v) is 14.5. The maximum absolute atomic E-state index is 14.0. The molecule has 48 heavy (non-hydrogen) atoms. The third-order valence-electron chi connectivity index (χ3n) is 9.38. The van der Waals surface area contributed by atoms with Crippen LogP contribution < -0.4 is 0 Å². The van der Waals surface area contributed by atoms with Crippen LogP contribution in [0, 0.1) is 0 Å². The zero-order valence-electron chi connectivity index (χ0n) is 25.7. The molecule has 0 aliphatic carbocycles. The maximum atomic E-state index is 14.0. The van der Waals surface area contributed by atoms with Gasteiger partial charge < -0.3 is 75.9 Å². The average Bonchev–Trinajstić information content (AvgIpc) is 3.04. The summed E-state index contributed by atoms with van der Waals surface area (Å²) in [5, 5.41) is 145. The molecular formula is C31H38O17. The van der Waals surface area contributed by atoms with Crippen molar-refractivity contribution in [3.05, 3.63) is 53.6 Å². The van der Waals surface area contributed by atoms with E-state index in [0.29, 0.717) is 13.0 Å². The van der Waals surface area contributed by atoms with Gasteiger partial charge in [-0.15, -0.1) is 0 Å². The number of ether oxygens (including phenoxy) is 2. The molecular weight excluding hydrogens is 644 g/mol. The summed E-state index contributed by atoms with van der Waals surface area (Å²) in [6.45, 7) is 1.34. The van der Waals surface area contributed by atoms with Gasteiger partial charge in [-0.2, -0.15) is 0 Å². The van der Waals surface area contributed by atoms with Crippen LogP contribution in [0.5, 0.6) is 23.0 Å². The SMILES string of the molecule is CC(=O)C1(O)O[C@@H](C)[C@@H](O)[C@](O)(C(=O)/C=C/c2ccc(O)c(O)c2)[C@@]1(O)[C@]1(O)[C@@H](O)[C@H](O)[C@@H](CO)OC1(O)C(C)c1ccc(O)c(O)c1. The van der Waals surface area contributed by atoms with Crippen LogP contribution in [0.4, 0.5) is 0 Å². The van der Waals surface area contributed by atoms with E-state index in [4.69, 9.17) is 9.47 Å². The van der Waals surface area contributed by atoms with E-state index in [0.717, 1.165) is 50.3 Å². The first kappa shape index (κ1) is 37.1. The zero-order valence-corrected chi connectivity index (χ0v) is 25.7. The Labute approximate surface area is 272 Å². The van der Waals surface area contributed by atoms with Crippen LogP contribution in [0.2, 0.25) is 0 Å². The molecule has 0 spiro atoms. The van der Waals surface area contributed by atoms with Crippen LogP contribution in [0.1, 0.15) is 37.8 Å². The minimum absolute atomic E-state index is 0.0274. The van der Waals surface area contributed by atoms with Crippen molar-refractivity contribution in [1.29, 1.82) is 0 Å². The van der Waals surface area contributed by atoms with Crippen LogP contribution >= 0.6 is 0 Å². The van der Waals surface area contributed by atoms with E-state index in [2.05, 4.69) is 0 Å². The van der Waals surface area contributed by atoms with Crippen LogP contribution in [0.15, 0.2) is 42.5 Å². The third-order valence-corrected chi connectivity index (χ3v) is 9.38. The van der Waals surface area contributed by atoms with Crippen molar-refractivity contribution >= 4 is 17.6 Å². The largest absolute Gasteiger partial charge is 0.504 e. The van der Waals surface area contributed by atoms with Crippen molar-refractivity contribution in [2.75, 3.05) is 6.61 Å². The summed E-state index contributed by atoms with van der Waals surface area (Å²) >= 11 is 0. The van der Waals surface area contributed by atoms with E-state index in [9.17, 15) is 76.0 Å². The average molecular weight is 683 g/mol. The molecule has 2 aliphatic heterocycles. The number of hydrogen-bond acceptors (Lipinski definition) is 17. The van der Waals surface area contributed by atoms with Gasteiger partial charge in [-0.25, -0.2) is 0 Å². The van der Waals surface area contributed by atoms with E-state index in [1.54, 1.807) is 0 Å². The lowest BCUT2D eigenvalue weighted by atomic mass is 9.52. The Hall–Kier alpha value is -3.72. The number of aliphatic hydroxyl groups excluding tert-OH is 4. The molecule has 4 rings (SSSR count). The number of benzene rings is 2. The Morgan fingerprint density at radius 3 is 1.94 bits per heavy atom. The molecule has 2 heterocycles. The number of phenolic OH excluding ortho intramolecular Hbond substituents is 4. The van der Waals surface area contributed by atoms with Crippen molar-refractivity contribution in [3.8, 4) is 23.0 Å². The van der Waals surface area contributed by atoms with Crippen LogP contribution in [-0.4, -0.2) is 143 Å². The Balaban J connectivity index is 2.08. The van der Waals surface area contributed by atoms with Crippen molar-refractivity contribution in [1.82, 2.24) is 0 Å². The van der Waals surface area contributed by atoms with Crippen molar-refractivity contribution in [2.24, 2.45) is 0 Å². The van der Waals surface area contributed by atoms with Crippen LogP contribution in [0.3, 0.4) is 0 Å². The molecule has 2 fully saturated rings. The standard InChI is InChI=1S/C31H38O17/c1-13(17-6-8-19(35)21(37)11-17)29(44)28(43,26(41)24(39)22(12-32)48-29)31(46)27(42,25(40)14(2)47-30(31,45)15(3)33)23(38)9-5-16-4-7-18(34)20(36)10-16/h4-11,13-14,22,24-26,32,34-37,39-46H,12H2,1-3H3/b9-5+/t13?,14-,22+,24+,25+,26-,27+,28-,29?,30?,31+/m0/s1. The van der Waals surface area contributed by atoms with E-state index in [1.165, 1.54) is 6.07 Å². The van der Waals surface area contributed by atoms with Gasteiger partial charge in [0.1, 0.15) is 24.4 Å². The Morgan fingerprint density at radius 1 is 0.854 bits per heavy atom. The highest BCUT2D eigenvalue weighted by Crippen LogP contribution is 2.59. The lowest BCUT2D eigenvalue weighted by Gasteiger charge is -2.67. The topological polar surface area (TPSA) is 316 Å². The van der Waals surface area contributed by atoms with Crippen LogP contribution in [0.25, 0.3) is 6.08 Å². The quantitative estimate of drug-likeness (QED) is 0.0971. The summed E-state index contributed by atoms with van der Waals surface area (Å²) in [6.07, 6.45) is -10.9. The van der Waals surface area contributed by atoms with Crippen molar-refractivity contribution in [2.45, 2.75) is 85.6 Å². The summed E-state index contributed by atoms with van der Waals surface area (Å²) in [6, 6.07) is 5.95. The first-order valence-electron chi connectivity index (χ1n) is 14.5. The molecule has 0 radical (unpaired) electrons. The first-order chi connectivity index (χ1) is 22.1. The summed E-state index contributed by atoms with van der Waals surface area (Å²) in [7, 11) is 0. The molecule has 0 saturated carbocycles. The molecule has 2 aromatic carbocycles. The minimum atomic E-state index is -4.52. The fourth-order valence-electron chi connectivity index (χ4n) is 6.52. The second kappa shape index (κ2) is 12.3. The molecule has 2 saturated heterocycles. The van der Waals surface area contributed by atoms with E-state index in [1.807, 2.05) is 0 Å². The number of hydrogen-bond donors (Lipinski definition) is 13. The van der Waals surface area contributed by atoms with E-state index < -0.39 is 106 Å². The second-order valence-electron chi connectivity index (χ2n) is 12.1. The number of carbonyl (C=O) groups is 2. The number of rotatable bonds is 8. The van der Waals surface area contributed by atoms with Crippen molar-refractivity contribution in [3.63, 3.8) is 0 Å². The number of Topliss-reactive ketones (excluding diaryl/α,β-unsaturated/α-hetero) is 1. The van der Waals surface area contributed by atoms with Gasteiger partial charge in [0.15, 0.2) is 45.8 Å². The summed E-state index contributed by atoms with van der Waals surface area (Å²) in [5.74, 6) is -15.8. The van der Waals surface area contributed by atoms with E-state index >= 15 is 0 Å². The molecule has 0 bridgehead atoms. The molecule has 0 amide bonds. The molecule has 13 N–H and O–H groups in total. The summed E-state index contributed by atoms with van der Waals surface area (Å²) in [4.78, 5) is 27.2. The van der Waals surface area contributed by atoms with Gasteiger partial charge >= 0.3 is 0 Å². The smallest absolute Gasteiger partial charge is 0.263 e. The van der Waals surface area contributed by atoms with Crippen molar-refractivity contribution < 1.29 is 85.4 Å². The number of ketones is 2. The predicted molar refractivity (Wildman–Crippen MR) is 158 cm³/mol. The lowest BCUT2D eigenvalue weighted by molar-refractivity contribution is -0.490. The zero-order chi connectivity index (χ0) is 36.4. The number of aromatic hydroxyl groups is 4. The fraction of sp³-hybridized carbons (Fsp3) is 0.484. The summed E-state index contributed by atoms with van der Waals surface area (Å²) < 4.78 is 10.7. The van der Waals surface area contributed by atoms with Gasteiger partial charge in [0, 0.05) is 12.8 Å². The highest BCUT2D eigenvalue weighted by atomic mass is 16.7. The molecule has 2 aliphatic rings. The van der Waals surface area contributed by atoms with Crippen LogP contribution in [-0.2, 0) is 19.1 Å². The molecule has 17 heteroatoms. The fourth-order valence-corrected chi connectivity index (χ4v) is 6.52. The van der Waals surface area contributed by atoms with Gasteiger partial charge in [0.05, 0.1) is 12.7 Å². The Morgan fingerprint density at radius 2 is 1.42 bits per heavy atom. The maximum Gasteiger partial charge on any atom is 0.263 e. The van der Waals surface area contributed by atoms with E-state index in [-0.39, 0.29) is 11.1 Å². The van der Waals surface area contributed by atoms with Gasteiger partial charge in [0.2, 0.25) is 11.4 Å². The molecule has 11 atom stereocenters. The normalized spacial score (nSPS) is 39.3. The third kappa shape index (κ3) is 4.90. The number of phenols is 4. The molecule has 17 nitrogen and oxygen atoms in total. The molecule has 264 valence electrons. The molecule has 2 aromatic rings. The van der Waals surface area contributed by atoms with Gasteiger partial charge in [-0.05, 0) is 48.4 Å². The Bertz CT molecular complexity index is 1610. The lowest BCUT2D eigenvalue weighted by Crippen LogP contribution is -2.96. The predicted octanol–water partition coefficient (Wildman–Crippen LogP) is -3.05. The highest BCUT2D eigenvalue weighted by Gasteiger charge is 2.89. The number of carbonyl (C=O) groups excluding carboxylic acids is 2. The number of aliphatic hydroxyl groups is 9. The molecule has 3 unspecified atom stereocenters.